The van der Waals surface area contributed by atoms with Crippen molar-refractivity contribution in [1.82, 2.24) is 10.6 Å². The van der Waals surface area contributed by atoms with E-state index in [1.54, 1.807) is 0 Å². The van der Waals surface area contributed by atoms with Crippen LogP contribution in [-0.4, -0.2) is 17.4 Å². The Morgan fingerprint density at radius 2 is 0.984 bits per heavy atom. The Morgan fingerprint density at radius 1 is 0.410 bits per heavy atom. The van der Waals surface area contributed by atoms with Crippen LogP contribution in [0.3, 0.4) is 0 Å². The van der Waals surface area contributed by atoms with Crippen LogP contribution in [0, 0.1) is 0 Å². The van der Waals surface area contributed by atoms with Crippen molar-refractivity contribution in [2.45, 2.75) is 12.3 Å². The van der Waals surface area contributed by atoms with Crippen molar-refractivity contribution in [1.29, 1.82) is 0 Å². The van der Waals surface area contributed by atoms with E-state index in [9.17, 15) is 0 Å². The molecule has 2 N–H and O–H groups in total. The van der Waals surface area contributed by atoms with Crippen LogP contribution < -0.4 is 10.6 Å². The van der Waals surface area contributed by atoms with Gasteiger partial charge in [0.25, 0.3) is 0 Å². The minimum Gasteiger partial charge on any atom is -0.360 e. The number of nitrogens with one attached hydrogen (secondary N) is 2. The molecule has 2 aliphatic heterocycles. The van der Waals surface area contributed by atoms with Gasteiger partial charge in [0.2, 0.25) is 0 Å². The lowest BCUT2D eigenvalue weighted by atomic mass is 9.93. The summed E-state index contributed by atoms with van der Waals surface area (Å²) in [7, 11) is 0. The highest BCUT2D eigenvalue weighted by Crippen LogP contribution is 2.43. The van der Waals surface area contributed by atoms with Crippen molar-refractivity contribution in [3.63, 3.8) is 0 Å². The van der Waals surface area contributed by atoms with Gasteiger partial charge >= 0.3 is 0 Å². The summed E-state index contributed by atoms with van der Waals surface area (Å²) in [6.45, 7) is 0. The van der Waals surface area contributed by atoms with Gasteiger partial charge in [0, 0.05) is 48.1 Å². The average molecular weight is 802 g/mol. The maximum atomic E-state index is 5.29. The zero-order valence-corrected chi connectivity index (χ0v) is 33.9. The van der Waals surface area contributed by atoms with Crippen molar-refractivity contribution < 1.29 is 0 Å². The van der Waals surface area contributed by atoms with E-state index in [4.69, 9.17) is 15.0 Å². The minimum absolute atomic E-state index is 0.214. The van der Waals surface area contributed by atoms with Crippen molar-refractivity contribution in [2.75, 3.05) is 0 Å². The van der Waals surface area contributed by atoms with Crippen molar-refractivity contribution in [3.8, 4) is 22.3 Å². The molecule has 6 heteroatoms. The molecular formula is C55H39N5S. The quantitative estimate of drug-likeness (QED) is 0.161. The van der Waals surface area contributed by atoms with Crippen LogP contribution in [0.5, 0.6) is 0 Å². The Labute approximate surface area is 358 Å². The topological polar surface area (TPSA) is 61.1 Å². The maximum Gasteiger partial charge on any atom is 0.159 e. The molecule has 2 atom stereocenters. The maximum absolute atomic E-state index is 5.29. The molecule has 0 saturated heterocycles. The van der Waals surface area contributed by atoms with Crippen LogP contribution in [0.15, 0.2) is 227 Å². The Hall–Kier alpha value is -7.67. The van der Waals surface area contributed by atoms with Crippen LogP contribution >= 0.6 is 11.3 Å². The largest absolute Gasteiger partial charge is 0.360 e. The highest BCUT2D eigenvalue weighted by Gasteiger charge is 2.23. The molecule has 1 aromatic heterocycles. The molecule has 9 aromatic rings. The van der Waals surface area contributed by atoms with Gasteiger partial charge in [-0.2, -0.15) is 0 Å². The average Bonchev–Trinajstić information content (AvgIpc) is 3.73. The second kappa shape index (κ2) is 15.8. The smallest absolute Gasteiger partial charge is 0.159 e. The predicted octanol–water partition coefficient (Wildman–Crippen LogP) is 13.0. The molecule has 290 valence electrons. The number of rotatable bonds is 8. The molecule has 0 fully saturated rings. The summed E-state index contributed by atoms with van der Waals surface area (Å²) >= 11 is 1.85. The molecule has 0 spiro atoms. The fraction of sp³-hybridized carbons (Fsp3) is 0.0364. The number of allylic oxidation sites excluding steroid dienone is 1. The molecule has 61 heavy (non-hydrogen) atoms. The summed E-state index contributed by atoms with van der Waals surface area (Å²) in [6.07, 6.45) is 1.69. The molecule has 0 aliphatic carbocycles. The Morgan fingerprint density at radius 3 is 1.72 bits per heavy atom. The summed E-state index contributed by atoms with van der Waals surface area (Å²) in [5.74, 6) is 1.50. The number of nitrogens with zero attached hydrogens (tertiary/aromatic N) is 3. The number of amidine groups is 2. The summed E-state index contributed by atoms with van der Waals surface area (Å²) in [6, 6.07) is 72.6. The summed E-state index contributed by atoms with van der Waals surface area (Å²) in [5.41, 5.74) is 13.0. The van der Waals surface area contributed by atoms with Gasteiger partial charge in [-0.3, -0.25) is 4.99 Å². The second-order valence-corrected chi connectivity index (χ2v) is 16.3. The van der Waals surface area contributed by atoms with Gasteiger partial charge in [-0.05, 0) is 69.8 Å². The number of hydrogen-bond donors (Lipinski definition) is 2. The van der Waals surface area contributed by atoms with E-state index in [1.165, 1.54) is 25.7 Å². The van der Waals surface area contributed by atoms with Crippen molar-refractivity contribution in [3.05, 3.63) is 246 Å². The predicted molar refractivity (Wildman–Crippen MR) is 255 cm³/mol. The van der Waals surface area contributed by atoms with E-state index < -0.39 is 0 Å². The normalized spacial score (nSPS) is 16.2. The number of hydrogen-bond acceptors (Lipinski definition) is 6. The first-order valence-electron chi connectivity index (χ1n) is 20.6. The van der Waals surface area contributed by atoms with Crippen LogP contribution in [0.25, 0.3) is 48.1 Å². The third-order valence-corrected chi connectivity index (χ3v) is 12.6. The molecular weight excluding hydrogens is 763 g/mol. The molecule has 0 bridgehead atoms. The first-order valence-corrected chi connectivity index (χ1v) is 21.4. The lowest BCUT2D eigenvalue weighted by Gasteiger charge is -2.25. The van der Waals surface area contributed by atoms with Crippen LogP contribution in [0.4, 0.5) is 0 Å². The Balaban J connectivity index is 1.02. The standard InChI is InChI=1S/C55H39N5S/c1-5-17-36(18-6-1)48-35-49(57-52(56-48)37-19-7-2-8-20-37)42-27-15-25-40(31-42)44-33-46(51-47(34-44)45-29-13-14-30-50(45)61-51)41-26-16-28-43(32-41)55-59-53(38-21-9-3-10-22-38)58-54(60-55)39-23-11-4-12-24-39/h1-35,52-53,56H,(H,58,59,60). The summed E-state index contributed by atoms with van der Waals surface area (Å²) in [4.78, 5) is 15.5. The highest BCUT2D eigenvalue weighted by molar-refractivity contribution is 7.26. The molecule has 8 aromatic carbocycles. The van der Waals surface area contributed by atoms with Gasteiger partial charge in [-0.1, -0.05) is 176 Å². The van der Waals surface area contributed by atoms with Gasteiger partial charge in [0.05, 0.1) is 5.71 Å². The van der Waals surface area contributed by atoms with Gasteiger partial charge in [-0.15, -0.1) is 11.3 Å². The number of fused-ring (bicyclic) bond motifs is 3. The van der Waals surface area contributed by atoms with Gasteiger partial charge < -0.3 is 10.6 Å². The van der Waals surface area contributed by atoms with Crippen molar-refractivity contribution in [2.24, 2.45) is 15.0 Å². The van der Waals surface area contributed by atoms with E-state index in [1.807, 2.05) is 41.7 Å². The van der Waals surface area contributed by atoms with E-state index in [0.717, 1.165) is 67.3 Å². The summed E-state index contributed by atoms with van der Waals surface area (Å²) < 4.78 is 2.53. The SMILES string of the molecule is C1=C(c2ccccc2)NC(c2ccccc2)N=C1c1cccc(-c2cc(-c3cccc(C4=NC(c5ccccc5)=NC(c5ccccc5)N4)c3)c3sc4ccccc4c3c2)c1. The van der Waals surface area contributed by atoms with Crippen LogP contribution in [-0.2, 0) is 0 Å². The van der Waals surface area contributed by atoms with Crippen LogP contribution in [0.2, 0.25) is 0 Å². The third kappa shape index (κ3) is 7.24. The zero-order valence-electron chi connectivity index (χ0n) is 33.1. The zero-order chi connectivity index (χ0) is 40.5. The number of benzene rings is 8. The van der Waals surface area contributed by atoms with Gasteiger partial charge in [-0.25, -0.2) is 9.98 Å². The van der Waals surface area contributed by atoms with E-state index in [0.29, 0.717) is 5.84 Å². The molecule has 0 amide bonds. The van der Waals surface area contributed by atoms with Gasteiger partial charge in [0.15, 0.2) is 5.84 Å². The molecule has 0 radical (unpaired) electrons. The number of thiophene rings is 1. The first kappa shape index (κ1) is 36.4. The molecule has 0 saturated carbocycles. The molecule has 11 rings (SSSR count). The Bertz CT molecular complexity index is 3190. The second-order valence-electron chi connectivity index (χ2n) is 15.3. The molecule has 2 aliphatic rings. The van der Waals surface area contributed by atoms with E-state index >= 15 is 0 Å². The monoisotopic (exact) mass is 801 g/mol. The molecule has 5 nitrogen and oxygen atoms in total. The molecule has 3 heterocycles. The minimum atomic E-state index is -0.274. The highest BCUT2D eigenvalue weighted by atomic mass is 32.1. The van der Waals surface area contributed by atoms with Crippen molar-refractivity contribution >= 4 is 54.6 Å². The summed E-state index contributed by atoms with van der Waals surface area (Å²) in [5, 5.41) is 9.87. The fourth-order valence-corrected chi connectivity index (χ4v) is 9.51. The third-order valence-electron chi connectivity index (χ3n) is 11.3. The fourth-order valence-electron chi connectivity index (χ4n) is 8.29. The van der Waals surface area contributed by atoms with Gasteiger partial charge in [0.1, 0.15) is 18.2 Å². The first-order chi connectivity index (χ1) is 30.2. The lowest BCUT2D eigenvalue weighted by Crippen LogP contribution is -2.33. The van der Waals surface area contributed by atoms with E-state index in [2.05, 4.69) is 193 Å². The lowest BCUT2D eigenvalue weighted by molar-refractivity contribution is 0.664. The number of aliphatic imine (C=N–C) groups is 3. The molecule has 2 unspecified atom stereocenters. The van der Waals surface area contributed by atoms with Crippen LogP contribution in [0.1, 0.15) is 45.7 Å². The van der Waals surface area contributed by atoms with E-state index in [-0.39, 0.29) is 12.3 Å². The Kier molecular flexibility index (Phi) is 9.45.